The predicted octanol–water partition coefficient (Wildman–Crippen LogP) is 3.18. The van der Waals surface area contributed by atoms with E-state index >= 15 is 0 Å². The minimum Gasteiger partial charge on any atom is -0.371 e. The normalized spacial score (nSPS) is 20.2. The highest BCUT2D eigenvalue weighted by molar-refractivity contribution is 5.96. The largest absolute Gasteiger partial charge is 0.416 e. The highest BCUT2D eigenvalue weighted by Gasteiger charge is 2.34. The van der Waals surface area contributed by atoms with Gasteiger partial charge in [0.1, 0.15) is 0 Å². The van der Waals surface area contributed by atoms with Crippen LogP contribution >= 0.6 is 0 Å². The number of anilines is 1. The van der Waals surface area contributed by atoms with E-state index in [4.69, 9.17) is 5.73 Å². The number of hydrogen-bond donors (Lipinski definition) is 1. The van der Waals surface area contributed by atoms with Gasteiger partial charge in [0.25, 0.3) is 0 Å². The lowest BCUT2D eigenvalue weighted by molar-refractivity contribution is -0.137. The molecule has 4 nitrogen and oxygen atoms in total. The molecule has 3 rings (SSSR count). The van der Waals surface area contributed by atoms with Crippen LogP contribution < -0.4 is 10.6 Å². The summed E-state index contributed by atoms with van der Waals surface area (Å²) in [4.78, 5) is 16.0. The van der Waals surface area contributed by atoms with Crippen molar-refractivity contribution >= 4 is 11.6 Å². The highest BCUT2D eigenvalue weighted by atomic mass is 19.4. The standard InChI is InChI=1S/C18H24F3N3O/c1-12-15(17(22)25)10-13(18(19,20)21)11-16(12)24-8-4-14(5-9-24)23-6-2-3-7-23/h10-11,14H,2-9H2,1H3,(H2,22,25). The van der Waals surface area contributed by atoms with Gasteiger partial charge in [-0.1, -0.05) is 0 Å². The number of alkyl halides is 3. The lowest BCUT2D eigenvalue weighted by Gasteiger charge is -2.38. The van der Waals surface area contributed by atoms with Crippen LogP contribution in [0.4, 0.5) is 18.9 Å². The monoisotopic (exact) mass is 355 g/mol. The molecular weight excluding hydrogens is 331 g/mol. The zero-order chi connectivity index (χ0) is 18.2. The third kappa shape index (κ3) is 3.76. The molecule has 25 heavy (non-hydrogen) atoms. The molecule has 1 amide bonds. The summed E-state index contributed by atoms with van der Waals surface area (Å²) in [5.41, 5.74) is 5.44. The fourth-order valence-corrected chi connectivity index (χ4v) is 4.03. The maximum atomic E-state index is 13.2. The van der Waals surface area contributed by atoms with Gasteiger partial charge in [-0.15, -0.1) is 0 Å². The number of halogens is 3. The fraction of sp³-hybridized carbons (Fsp3) is 0.611. The molecule has 7 heteroatoms. The third-order valence-electron chi connectivity index (χ3n) is 5.44. The fourth-order valence-electron chi connectivity index (χ4n) is 4.03. The summed E-state index contributed by atoms with van der Waals surface area (Å²) < 4.78 is 39.6. The summed E-state index contributed by atoms with van der Waals surface area (Å²) >= 11 is 0. The first kappa shape index (κ1) is 18.0. The second-order valence-corrected chi connectivity index (χ2v) is 6.99. The van der Waals surface area contributed by atoms with Crippen LogP contribution in [-0.2, 0) is 6.18 Å². The third-order valence-corrected chi connectivity index (χ3v) is 5.44. The van der Waals surface area contributed by atoms with Crippen molar-refractivity contribution in [3.8, 4) is 0 Å². The molecule has 2 aliphatic heterocycles. The van der Waals surface area contributed by atoms with Crippen LogP contribution in [0.5, 0.6) is 0 Å². The molecule has 2 heterocycles. The van der Waals surface area contributed by atoms with E-state index in [-0.39, 0.29) is 5.56 Å². The van der Waals surface area contributed by atoms with Crippen molar-refractivity contribution in [3.05, 3.63) is 28.8 Å². The number of carbonyl (C=O) groups excluding carboxylic acids is 1. The average molecular weight is 355 g/mol. The molecule has 1 aromatic rings. The first-order valence-electron chi connectivity index (χ1n) is 8.78. The molecule has 2 fully saturated rings. The van der Waals surface area contributed by atoms with Crippen LogP contribution in [0.3, 0.4) is 0 Å². The molecule has 0 aliphatic carbocycles. The predicted molar refractivity (Wildman–Crippen MR) is 90.7 cm³/mol. The van der Waals surface area contributed by atoms with Gasteiger partial charge in [0, 0.05) is 30.4 Å². The number of nitrogens with zero attached hydrogens (tertiary/aromatic N) is 2. The zero-order valence-electron chi connectivity index (χ0n) is 14.4. The molecule has 0 atom stereocenters. The van der Waals surface area contributed by atoms with Crippen molar-refractivity contribution in [2.45, 2.75) is 44.8 Å². The summed E-state index contributed by atoms with van der Waals surface area (Å²) in [7, 11) is 0. The molecule has 2 N–H and O–H groups in total. The van der Waals surface area contributed by atoms with Gasteiger partial charge in [-0.25, -0.2) is 0 Å². The first-order chi connectivity index (χ1) is 11.8. The van der Waals surface area contributed by atoms with Crippen LogP contribution in [0.15, 0.2) is 12.1 Å². The van der Waals surface area contributed by atoms with Crippen LogP contribution in [0.25, 0.3) is 0 Å². The number of amides is 1. The Morgan fingerprint density at radius 1 is 1.12 bits per heavy atom. The molecule has 0 bridgehead atoms. The topological polar surface area (TPSA) is 49.6 Å². The van der Waals surface area contributed by atoms with Gasteiger partial charge in [-0.05, 0) is 63.4 Å². The van der Waals surface area contributed by atoms with E-state index in [1.165, 1.54) is 12.8 Å². The van der Waals surface area contributed by atoms with Crippen LogP contribution in [0.1, 0.15) is 47.2 Å². The minimum atomic E-state index is -4.50. The molecule has 0 radical (unpaired) electrons. The summed E-state index contributed by atoms with van der Waals surface area (Å²) in [5, 5.41) is 0. The highest BCUT2D eigenvalue weighted by Crippen LogP contribution is 2.36. The number of rotatable bonds is 3. The molecule has 0 saturated carbocycles. The molecule has 0 spiro atoms. The Labute approximate surface area is 145 Å². The molecule has 0 unspecified atom stereocenters. The summed E-state index contributed by atoms with van der Waals surface area (Å²) in [5.74, 6) is -0.822. The van der Waals surface area contributed by atoms with Gasteiger partial charge in [0.15, 0.2) is 0 Å². The van der Waals surface area contributed by atoms with Crippen molar-refractivity contribution in [1.29, 1.82) is 0 Å². The summed E-state index contributed by atoms with van der Waals surface area (Å²) in [6.45, 7) is 5.31. The molecule has 2 saturated heterocycles. The van der Waals surface area contributed by atoms with Gasteiger partial charge in [-0.2, -0.15) is 13.2 Å². The number of likely N-dealkylation sites (tertiary alicyclic amines) is 1. The van der Waals surface area contributed by atoms with E-state index in [1.54, 1.807) is 6.92 Å². The number of piperidine rings is 1. The van der Waals surface area contributed by atoms with Crippen LogP contribution in [-0.4, -0.2) is 43.0 Å². The van der Waals surface area contributed by atoms with Gasteiger partial charge in [0.2, 0.25) is 5.91 Å². The Kier molecular flexibility index (Phi) is 4.95. The van der Waals surface area contributed by atoms with Gasteiger partial charge in [0.05, 0.1) is 5.56 Å². The maximum Gasteiger partial charge on any atom is 0.416 e. The minimum absolute atomic E-state index is 0.0495. The second kappa shape index (κ2) is 6.86. The van der Waals surface area contributed by atoms with Crippen molar-refractivity contribution in [1.82, 2.24) is 4.90 Å². The smallest absolute Gasteiger partial charge is 0.371 e. The Hall–Kier alpha value is -1.76. The summed E-state index contributed by atoms with van der Waals surface area (Å²) in [6, 6.07) is 2.52. The number of hydrogen-bond acceptors (Lipinski definition) is 3. The van der Waals surface area contributed by atoms with Crippen molar-refractivity contribution < 1.29 is 18.0 Å². The van der Waals surface area contributed by atoms with E-state index in [0.29, 0.717) is 30.4 Å². The van der Waals surface area contributed by atoms with Crippen LogP contribution in [0.2, 0.25) is 0 Å². The van der Waals surface area contributed by atoms with E-state index in [1.807, 2.05) is 4.90 Å². The Bertz CT molecular complexity index is 646. The number of carbonyl (C=O) groups is 1. The lowest BCUT2D eigenvalue weighted by Crippen LogP contribution is -2.44. The van der Waals surface area contributed by atoms with E-state index in [0.717, 1.165) is 38.1 Å². The number of nitrogens with two attached hydrogens (primary N) is 1. The van der Waals surface area contributed by atoms with Crippen molar-refractivity contribution in [3.63, 3.8) is 0 Å². The Balaban J connectivity index is 1.84. The quantitative estimate of drug-likeness (QED) is 0.906. The van der Waals surface area contributed by atoms with E-state index in [2.05, 4.69) is 4.90 Å². The summed E-state index contributed by atoms with van der Waals surface area (Å²) in [6.07, 6.45) is -0.173. The molecule has 1 aromatic carbocycles. The van der Waals surface area contributed by atoms with Gasteiger partial charge in [-0.3, -0.25) is 4.79 Å². The molecule has 0 aromatic heterocycles. The van der Waals surface area contributed by atoms with Crippen LogP contribution in [0, 0.1) is 6.92 Å². The molecular formula is C18H24F3N3O. The Morgan fingerprint density at radius 3 is 2.24 bits per heavy atom. The van der Waals surface area contributed by atoms with Crippen molar-refractivity contribution in [2.24, 2.45) is 5.73 Å². The van der Waals surface area contributed by atoms with Gasteiger partial charge < -0.3 is 15.5 Å². The average Bonchev–Trinajstić information content (AvgIpc) is 3.08. The first-order valence-corrected chi connectivity index (χ1v) is 8.78. The Morgan fingerprint density at radius 2 is 1.72 bits per heavy atom. The number of primary amides is 1. The SMILES string of the molecule is Cc1c(C(N)=O)cc(C(F)(F)F)cc1N1CCC(N2CCCC2)CC1. The lowest BCUT2D eigenvalue weighted by atomic mass is 9.97. The number of benzene rings is 1. The maximum absolute atomic E-state index is 13.2. The second-order valence-electron chi connectivity index (χ2n) is 6.99. The van der Waals surface area contributed by atoms with Crippen molar-refractivity contribution in [2.75, 3.05) is 31.1 Å². The van der Waals surface area contributed by atoms with E-state index < -0.39 is 17.6 Å². The molecule has 138 valence electrons. The van der Waals surface area contributed by atoms with Gasteiger partial charge >= 0.3 is 6.18 Å². The molecule has 2 aliphatic rings. The zero-order valence-corrected chi connectivity index (χ0v) is 14.4. The van der Waals surface area contributed by atoms with E-state index in [9.17, 15) is 18.0 Å².